The first kappa shape index (κ1) is 19.1. The molecule has 0 spiro atoms. The maximum Gasteiger partial charge on any atom is 0.240 e. The Kier molecular flexibility index (Phi) is 5.88. The van der Waals surface area contributed by atoms with Crippen LogP contribution in [0.1, 0.15) is 17.5 Å². The summed E-state index contributed by atoms with van der Waals surface area (Å²) < 4.78 is 27.4. The van der Waals surface area contributed by atoms with E-state index in [0.29, 0.717) is 6.54 Å². The van der Waals surface area contributed by atoms with E-state index in [1.54, 1.807) is 18.2 Å². The third-order valence-corrected chi connectivity index (χ3v) is 5.87. The van der Waals surface area contributed by atoms with Crippen LogP contribution in [-0.4, -0.2) is 20.9 Å². The van der Waals surface area contributed by atoms with Gasteiger partial charge in [0.05, 0.1) is 4.90 Å². The van der Waals surface area contributed by atoms with Crippen molar-refractivity contribution in [2.24, 2.45) is 0 Å². The van der Waals surface area contributed by atoms with Gasteiger partial charge in [0, 0.05) is 19.5 Å². The molecular weight excluding hydrogens is 360 g/mol. The number of nitrogens with one attached hydrogen (secondary N) is 2. The number of carbonyl (C=O) groups excluding carboxylic acids is 1. The van der Waals surface area contributed by atoms with E-state index in [9.17, 15) is 13.2 Å². The van der Waals surface area contributed by atoms with Crippen LogP contribution in [0.25, 0.3) is 10.8 Å². The summed E-state index contributed by atoms with van der Waals surface area (Å²) in [6.07, 6.45) is 0.0820. The first-order chi connectivity index (χ1) is 13.0. The third-order valence-electron chi connectivity index (χ3n) is 4.41. The lowest BCUT2D eigenvalue weighted by atomic mass is 10.1. The SMILES string of the molecule is Cc1ccccc1CNC(=O)CCNS(=O)(=O)c1ccc2ccccc2c1. The molecule has 1 amide bonds. The number of hydrogen-bond acceptors (Lipinski definition) is 3. The molecule has 0 saturated heterocycles. The van der Waals surface area contributed by atoms with Crippen molar-refractivity contribution in [3.8, 4) is 0 Å². The smallest absolute Gasteiger partial charge is 0.240 e. The lowest BCUT2D eigenvalue weighted by molar-refractivity contribution is -0.121. The second-order valence-electron chi connectivity index (χ2n) is 6.36. The van der Waals surface area contributed by atoms with Gasteiger partial charge in [0.25, 0.3) is 0 Å². The van der Waals surface area contributed by atoms with Gasteiger partial charge in [0.1, 0.15) is 0 Å². The van der Waals surface area contributed by atoms with E-state index in [2.05, 4.69) is 10.0 Å². The van der Waals surface area contributed by atoms with Crippen LogP contribution in [0.2, 0.25) is 0 Å². The van der Waals surface area contributed by atoms with Crippen molar-refractivity contribution in [3.05, 3.63) is 77.9 Å². The fourth-order valence-electron chi connectivity index (χ4n) is 2.81. The van der Waals surface area contributed by atoms with Crippen LogP contribution in [0.3, 0.4) is 0 Å². The molecule has 3 aromatic rings. The molecule has 6 heteroatoms. The molecule has 5 nitrogen and oxygen atoms in total. The zero-order valence-corrected chi connectivity index (χ0v) is 15.9. The van der Waals surface area contributed by atoms with Crippen LogP contribution in [0.5, 0.6) is 0 Å². The molecule has 0 aromatic heterocycles. The zero-order chi connectivity index (χ0) is 19.3. The van der Waals surface area contributed by atoms with E-state index in [1.807, 2.05) is 55.5 Å². The molecule has 0 aliphatic heterocycles. The monoisotopic (exact) mass is 382 g/mol. The minimum absolute atomic E-state index is 0.0504. The molecule has 0 fully saturated rings. The standard InChI is InChI=1S/C21H22N2O3S/c1-16-6-2-3-9-19(16)15-22-21(24)12-13-23-27(25,26)20-11-10-17-7-4-5-8-18(17)14-20/h2-11,14,23H,12-13,15H2,1H3,(H,22,24). The fourth-order valence-corrected chi connectivity index (χ4v) is 3.87. The molecule has 0 aliphatic carbocycles. The van der Waals surface area contributed by atoms with Crippen molar-refractivity contribution >= 4 is 26.7 Å². The molecule has 0 heterocycles. The number of sulfonamides is 1. The second-order valence-corrected chi connectivity index (χ2v) is 8.13. The molecule has 0 aliphatic rings. The molecule has 0 saturated carbocycles. The van der Waals surface area contributed by atoms with Gasteiger partial charge in [-0.2, -0.15) is 0 Å². The Bertz CT molecular complexity index is 1060. The maximum atomic E-state index is 12.4. The average molecular weight is 382 g/mol. The topological polar surface area (TPSA) is 75.3 Å². The Balaban J connectivity index is 1.53. The first-order valence-electron chi connectivity index (χ1n) is 8.75. The summed E-state index contributed by atoms with van der Waals surface area (Å²) in [5, 5.41) is 4.65. The van der Waals surface area contributed by atoms with Gasteiger partial charge in [-0.15, -0.1) is 0 Å². The summed E-state index contributed by atoms with van der Waals surface area (Å²) >= 11 is 0. The number of rotatable bonds is 7. The molecule has 0 radical (unpaired) electrons. The first-order valence-corrected chi connectivity index (χ1v) is 10.2. The minimum Gasteiger partial charge on any atom is -0.352 e. The highest BCUT2D eigenvalue weighted by molar-refractivity contribution is 7.89. The van der Waals surface area contributed by atoms with Crippen LogP contribution >= 0.6 is 0 Å². The molecule has 3 rings (SSSR count). The maximum absolute atomic E-state index is 12.4. The van der Waals surface area contributed by atoms with E-state index >= 15 is 0 Å². The highest BCUT2D eigenvalue weighted by Crippen LogP contribution is 2.18. The summed E-state index contributed by atoms with van der Waals surface area (Å²) in [5.74, 6) is -0.195. The largest absolute Gasteiger partial charge is 0.352 e. The number of carbonyl (C=O) groups is 1. The predicted octanol–water partition coefficient (Wildman–Crippen LogP) is 3.13. The van der Waals surface area contributed by atoms with Crippen molar-refractivity contribution in [1.29, 1.82) is 0 Å². The van der Waals surface area contributed by atoms with E-state index in [1.165, 1.54) is 0 Å². The van der Waals surface area contributed by atoms with Gasteiger partial charge < -0.3 is 5.32 Å². The van der Waals surface area contributed by atoms with Gasteiger partial charge in [0.2, 0.25) is 15.9 Å². The van der Waals surface area contributed by atoms with Gasteiger partial charge in [-0.3, -0.25) is 4.79 Å². The van der Waals surface area contributed by atoms with Crippen molar-refractivity contribution in [1.82, 2.24) is 10.0 Å². The number of benzene rings is 3. The summed E-state index contributed by atoms with van der Waals surface area (Å²) in [7, 11) is -3.65. The quantitative estimate of drug-likeness (QED) is 0.659. The lowest BCUT2D eigenvalue weighted by Gasteiger charge is -2.09. The van der Waals surface area contributed by atoms with Gasteiger partial charge in [-0.1, -0.05) is 54.6 Å². The van der Waals surface area contributed by atoms with E-state index in [4.69, 9.17) is 0 Å². The summed E-state index contributed by atoms with van der Waals surface area (Å²) in [4.78, 5) is 12.2. The van der Waals surface area contributed by atoms with Crippen molar-refractivity contribution in [3.63, 3.8) is 0 Å². The summed E-state index contributed by atoms with van der Waals surface area (Å²) in [6.45, 7) is 2.47. The third kappa shape index (κ3) is 4.93. The molecule has 0 bridgehead atoms. The van der Waals surface area contributed by atoms with Crippen LogP contribution in [0, 0.1) is 6.92 Å². The molecule has 27 heavy (non-hydrogen) atoms. The molecule has 0 unspecified atom stereocenters. The number of fused-ring (bicyclic) bond motifs is 1. The minimum atomic E-state index is -3.65. The van der Waals surface area contributed by atoms with Crippen LogP contribution in [-0.2, 0) is 21.4 Å². The van der Waals surface area contributed by atoms with Crippen molar-refractivity contribution in [2.75, 3.05) is 6.54 Å². The number of amides is 1. The van der Waals surface area contributed by atoms with Gasteiger partial charge in [-0.25, -0.2) is 13.1 Å². The van der Waals surface area contributed by atoms with Gasteiger partial charge in [-0.05, 0) is 41.0 Å². The predicted molar refractivity (Wildman–Crippen MR) is 107 cm³/mol. The van der Waals surface area contributed by atoms with Gasteiger partial charge >= 0.3 is 0 Å². The Hall–Kier alpha value is -2.70. The summed E-state index contributed by atoms with van der Waals surface area (Å²) in [6, 6.07) is 20.4. The Morgan fingerprint density at radius 2 is 1.63 bits per heavy atom. The Morgan fingerprint density at radius 3 is 2.41 bits per heavy atom. The van der Waals surface area contributed by atoms with E-state index in [0.717, 1.165) is 21.9 Å². The molecule has 3 aromatic carbocycles. The number of hydrogen-bond donors (Lipinski definition) is 2. The number of aryl methyl sites for hydroxylation is 1. The average Bonchev–Trinajstić information content (AvgIpc) is 2.67. The molecular formula is C21H22N2O3S. The fraction of sp³-hybridized carbons (Fsp3) is 0.190. The highest BCUT2D eigenvalue weighted by atomic mass is 32.2. The van der Waals surface area contributed by atoms with Crippen molar-refractivity contribution in [2.45, 2.75) is 24.8 Å². The Labute approximate surface area is 159 Å². The van der Waals surface area contributed by atoms with Crippen LogP contribution < -0.4 is 10.0 Å². The van der Waals surface area contributed by atoms with Gasteiger partial charge in [0.15, 0.2) is 0 Å². The highest BCUT2D eigenvalue weighted by Gasteiger charge is 2.14. The molecule has 140 valence electrons. The van der Waals surface area contributed by atoms with Crippen LogP contribution in [0.15, 0.2) is 71.6 Å². The van der Waals surface area contributed by atoms with E-state index in [-0.39, 0.29) is 23.8 Å². The molecule has 2 N–H and O–H groups in total. The summed E-state index contributed by atoms with van der Waals surface area (Å²) in [5.41, 5.74) is 2.15. The second kappa shape index (κ2) is 8.33. The molecule has 0 atom stereocenters. The van der Waals surface area contributed by atoms with E-state index < -0.39 is 10.0 Å². The van der Waals surface area contributed by atoms with Crippen molar-refractivity contribution < 1.29 is 13.2 Å². The normalized spacial score (nSPS) is 11.4. The van der Waals surface area contributed by atoms with Crippen LogP contribution in [0.4, 0.5) is 0 Å². The zero-order valence-electron chi connectivity index (χ0n) is 15.1. The lowest BCUT2D eigenvalue weighted by Crippen LogP contribution is -2.30. The Morgan fingerprint density at radius 1 is 0.926 bits per heavy atom.